The molecule has 5 rings (SSSR count). The van der Waals surface area contributed by atoms with Gasteiger partial charge in [0.1, 0.15) is 17.9 Å². The number of carbonyl (C=O) groups excluding carboxylic acids is 1. The first-order valence-corrected chi connectivity index (χ1v) is 11.0. The first kappa shape index (κ1) is 21.2. The lowest BCUT2D eigenvalue weighted by atomic mass is 10.1. The van der Waals surface area contributed by atoms with Crippen LogP contribution < -0.4 is 4.74 Å². The third-order valence-corrected chi connectivity index (χ3v) is 6.14. The Balaban J connectivity index is 1.23. The number of benzene rings is 3. The number of amides is 1. The van der Waals surface area contributed by atoms with Gasteiger partial charge in [0.25, 0.3) is 5.91 Å². The Bertz CT molecular complexity index is 1280. The van der Waals surface area contributed by atoms with Crippen LogP contribution in [0.2, 0.25) is 0 Å². The summed E-state index contributed by atoms with van der Waals surface area (Å²) in [5, 5.41) is 0. The summed E-state index contributed by atoms with van der Waals surface area (Å²) in [4.78, 5) is 21.6. The lowest BCUT2D eigenvalue weighted by molar-refractivity contribution is 0.0627. The number of piperazine rings is 1. The Labute approximate surface area is 191 Å². The van der Waals surface area contributed by atoms with Gasteiger partial charge in [0.05, 0.1) is 18.1 Å². The van der Waals surface area contributed by atoms with E-state index in [1.807, 2.05) is 58.0 Å². The van der Waals surface area contributed by atoms with Crippen LogP contribution in [0.4, 0.5) is 4.39 Å². The molecular formula is C26H25FN4O2. The summed E-state index contributed by atoms with van der Waals surface area (Å²) in [5.74, 6) is 0.437. The summed E-state index contributed by atoms with van der Waals surface area (Å²) < 4.78 is 21.0. The van der Waals surface area contributed by atoms with Crippen molar-refractivity contribution in [1.82, 2.24) is 19.4 Å². The first-order valence-electron chi connectivity index (χ1n) is 11.0. The lowest BCUT2D eigenvalue weighted by Crippen LogP contribution is -2.48. The molecule has 168 valence electrons. The van der Waals surface area contributed by atoms with Crippen molar-refractivity contribution < 1.29 is 13.9 Å². The van der Waals surface area contributed by atoms with Crippen LogP contribution >= 0.6 is 0 Å². The molecule has 7 heteroatoms. The molecule has 0 aliphatic carbocycles. The SMILES string of the molecule is COc1ccc(F)cc1CN1CCN(C(=O)c2ccc(-n3cnc4ccccc43)cc2)CC1. The molecule has 1 aromatic heterocycles. The van der Waals surface area contributed by atoms with Crippen molar-refractivity contribution in [2.45, 2.75) is 6.54 Å². The van der Waals surface area contributed by atoms with Gasteiger partial charge in [-0.15, -0.1) is 0 Å². The van der Waals surface area contributed by atoms with Crippen LogP contribution in [0.1, 0.15) is 15.9 Å². The molecule has 1 aliphatic heterocycles. The van der Waals surface area contributed by atoms with E-state index in [0.717, 1.165) is 35.4 Å². The number of carbonyl (C=O) groups is 1. The molecule has 1 fully saturated rings. The number of rotatable bonds is 5. The van der Waals surface area contributed by atoms with Crippen LogP contribution in [-0.2, 0) is 6.54 Å². The first-order chi connectivity index (χ1) is 16.1. The van der Waals surface area contributed by atoms with Crippen molar-refractivity contribution in [1.29, 1.82) is 0 Å². The summed E-state index contributed by atoms with van der Waals surface area (Å²) in [6, 6.07) is 20.2. The van der Waals surface area contributed by atoms with Gasteiger partial charge < -0.3 is 9.64 Å². The van der Waals surface area contributed by atoms with E-state index in [1.165, 1.54) is 12.1 Å². The fraction of sp³-hybridized carbons (Fsp3) is 0.231. The predicted octanol–water partition coefficient (Wildman–Crippen LogP) is 4.13. The highest BCUT2D eigenvalue weighted by Crippen LogP contribution is 2.22. The lowest BCUT2D eigenvalue weighted by Gasteiger charge is -2.35. The zero-order valence-corrected chi connectivity index (χ0v) is 18.4. The van der Waals surface area contributed by atoms with Crippen molar-refractivity contribution in [3.05, 3.63) is 90.0 Å². The van der Waals surface area contributed by atoms with E-state index in [-0.39, 0.29) is 11.7 Å². The van der Waals surface area contributed by atoms with Crippen LogP contribution in [-0.4, -0.2) is 58.5 Å². The van der Waals surface area contributed by atoms with E-state index in [0.29, 0.717) is 30.9 Å². The summed E-state index contributed by atoms with van der Waals surface area (Å²) >= 11 is 0. The molecular weight excluding hydrogens is 419 g/mol. The van der Waals surface area contributed by atoms with Gasteiger partial charge in [-0.2, -0.15) is 0 Å². The topological polar surface area (TPSA) is 50.6 Å². The number of imidazole rings is 1. The minimum absolute atomic E-state index is 0.0278. The van der Waals surface area contributed by atoms with Crippen molar-refractivity contribution in [2.75, 3.05) is 33.3 Å². The third-order valence-electron chi connectivity index (χ3n) is 6.14. The molecule has 3 aromatic carbocycles. The number of para-hydroxylation sites is 2. The third kappa shape index (κ3) is 4.32. The molecule has 1 aliphatic rings. The van der Waals surface area contributed by atoms with Crippen molar-refractivity contribution in [2.24, 2.45) is 0 Å². The molecule has 4 aromatic rings. The second kappa shape index (κ2) is 9.03. The van der Waals surface area contributed by atoms with Gasteiger partial charge >= 0.3 is 0 Å². The molecule has 0 bridgehead atoms. The second-order valence-corrected chi connectivity index (χ2v) is 8.17. The predicted molar refractivity (Wildman–Crippen MR) is 125 cm³/mol. The van der Waals surface area contributed by atoms with Crippen LogP contribution in [0.15, 0.2) is 73.1 Å². The molecule has 0 unspecified atom stereocenters. The monoisotopic (exact) mass is 444 g/mol. The van der Waals surface area contributed by atoms with Gasteiger partial charge in [-0.3, -0.25) is 14.3 Å². The highest BCUT2D eigenvalue weighted by molar-refractivity contribution is 5.94. The number of halogens is 1. The normalized spacial score (nSPS) is 14.5. The van der Waals surface area contributed by atoms with Crippen LogP contribution in [0, 0.1) is 5.82 Å². The van der Waals surface area contributed by atoms with E-state index in [2.05, 4.69) is 9.88 Å². The maximum Gasteiger partial charge on any atom is 0.253 e. The summed E-state index contributed by atoms with van der Waals surface area (Å²) in [6.45, 7) is 3.31. The summed E-state index contributed by atoms with van der Waals surface area (Å²) in [7, 11) is 1.59. The highest BCUT2D eigenvalue weighted by Gasteiger charge is 2.23. The minimum atomic E-state index is -0.272. The van der Waals surface area contributed by atoms with Crippen molar-refractivity contribution in [3.8, 4) is 11.4 Å². The second-order valence-electron chi connectivity index (χ2n) is 8.17. The van der Waals surface area contributed by atoms with E-state index in [9.17, 15) is 9.18 Å². The van der Waals surface area contributed by atoms with Crippen molar-refractivity contribution >= 4 is 16.9 Å². The van der Waals surface area contributed by atoms with Gasteiger partial charge in [-0.1, -0.05) is 12.1 Å². The quantitative estimate of drug-likeness (QED) is 0.465. The van der Waals surface area contributed by atoms with Gasteiger partial charge in [0.2, 0.25) is 0 Å². The molecule has 1 saturated heterocycles. The average molecular weight is 445 g/mol. The number of aromatic nitrogens is 2. The van der Waals surface area contributed by atoms with Gasteiger partial charge in [0, 0.05) is 49.5 Å². The number of nitrogens with zero attached hydrogens (tertiary/aromatic N) is 4. The van der Waals surface area contributed by atoms with E-state index in [1.54, 1.807) is 19.5 Å². The fourth-order valence-electron chi connectivity index (χ4n) is 4.33. The van der Waals surface area contributed by atoms with Gasteiger partial charge in [-0.25, -0.2) is 9.37 Å². The molecule has 0 N–H and O–H groups in total. The van der Waals surface area contributed by atoms with Gasteiger partial charge in [-0.05, 0) is 54.6 Å². The molecule has 0 spiro atoms. The molecule has 6 nitrogen and oxygen atoms in total. The Hall–Kier alpha value is -3.71. The fourth-order valence-corrected chi connectivity index (χ4v) is 4.33. The average Bonchev–Trinajstić information content (AvgIpc) is 3.29. The van der Waals surface area contributed by atoms with Crippen LogP contribution in [0.25, 0.3) is 16.7 Å². The Morgan fingerprint density at radius 1 is 1.00 bits per heavy atom. The van der Waals surface area contributed by atoms with Crippen molar-refractivity contribution in [3.63, 3.8) is 0 Å². The summed E-state index contributed by atoms with van der Waals surface area (Å²) in [5.41, 5.74) is 4.42. The van der Waals surface area contributed by atoms with E-state index < -0.39 is 0 Å². The highest BCUT2D eigenvalue weighted by atomic mass is 19.1. The number of hydrogen-bond donors (Lipinski definition) is 0. The summed E-state index contributed by atoms with van der Waals surface area (Å²) in [6.07, 6.45) is 1.80. The standard InChI is InChI=1S/C26H25FN4O2/c1-33-25-11-8-21(27)16-20(25)17-29-12-14-30(15-13-29)26(32)19-6-9-22(10-7-19)31-18-28-23-4-2-3-5-24(23)31/h2-11,16,18H,12-15,17H2,1H3. The smallest absolute Gasteiger partial charge is 0.253 e. The van der Waals surface area contributed by atoms with E-state index in [4.69, 9.17) is 4.74 Å². The molecule has 1 amide bonds. The molecule has 0 atom stereocenters. The number of fused-ring (bicyclic) bond motifs is 1. The zero-order chi connectivity index (χ0) is 22.8. The maximum absolute atomic E-state index is 13.7. The maximum atomic E-state index is 13.7. The minimum Gasteiger partial charge on any atom is -0.496 e. The van der Waals surface area contributed by atoms with Crippen LogP contribution in [0.3, 0.4) is 0 Å². The van der Waals surface area contributed by atoms with E-state index >= 15 is 0 Å². The van der Waals surface area contributed by atoms with Crippen LogP contribution in [0.5, 0.6) is 5.75 Å². The van der Waals surface area contributed by atoms with Gasteiger partial charge in [0.15, 0.2) is 0 Å². The molecule has 33 heavy (non-hydrogen) atoms. The Kier molecular flexibility index (Phi) is 5.79. The number of methoxy groups -OCH3 is 1. The zero-order valence-electron chi connectivity index (χ0n) is 18.4. The number of ether oxygens (including phenoxy) is 1. The Morgan fingerprint density at radius 3 is 2.52 bits per heavy atom. The molecule has 0 saturated carbocycles. The Morgan fingerprint density at radius 2 is 1.76 bits per heavy atom. The largest absolute Gasteiger partial charge is 0.496 e. The molecule has 2 heterocycles. The molecule has 0 radical (unpaired) electrons. The number of hydrogen-bond acceptors (Lipinski definition) is 4.